The highest BCUT2D eigenvalue weighted by Gasteiger charge is 2.54. The van der Waals surface area contributed by atoms with Crippen molar-refractivity contribution in [1.29, 1.82) is 0 Å². The van der Waals surface area contributed by atoms with Crippen LogP contribution in [-0.2, 0) is 27.8 Å². The Bertz CT molecular complexity index is 1000. The van der Waals surface area contributed by atoms with Crippen LogP contribution in [0.1, 0.15) is 16.7 Å². The second kappa shape index (κ2) is 7.59. The molecule has 1 aromatic heterocycles. The molecule has 8 heteroatoms. The number of anilines is 1. The van der Waals surface area contributed by atoms with E-state index in [-0.39, 0.29) is 16.5 Å². The quantitative estimate of drug-likeness (QED) is 0.292. The van der Waals surface area contributed by atoms with Gasteiger partial charge in [-0.1, -0.05) is 31.8 Å². The molecule has 7 nitrogen and oxygen atoms in total. The number of rotatable bonds is 7. The molecule has 30 heavy (non-hydrogen) atoms. The van der Waals surface area contributed by atoms with Gasteiger partial charge in [0.1, 0.15) is 5.82 Å². The highest BCUT2D eigenvalue weighted by Crippen LogP contribution is 2.49. The number of nitrogens with zero attached hydrogens (tertiary/aromatic N) is 3. The van der Waals surface area contributed by atoms with Gasteiger partial charge in [0.05, 0.1) is 23.5 Å². The Hall–Kier alpha value is -2.58. The molecule has 1 atom stereocenters. The van der Waals surface area contributed by atoms with Gasteiger partial charge in [-0.3, -0.25) is 19.8 Å². The van der Waals surface area contributed by atoms with Crippen LogP contribution >= 0.6 is 0 Å². The molecular weight excluding hydrogens is 398 g/mol. The van der Waals surface area contributed by atoms with Crippen molar-refractivity contribution in [3.05, 3.63) is 63.3 Å². The third-order valence-electron chi connectivity index (χ3n) is 6.05. The van der Waals surface area contributed by atoms with Gasteiger partial charge in [-0.2, -0.15) is 0 Å². The second-order valence-electron chi connectivity index (χ2n) is 9.40. The van der Waals surface area contributed by atoms with Crippen molar-refractivity contribution in [1.82, 2.24) is 4.98 Å². The Labute approximate surface area is 177 Å². The highest BCUT2D eigenvalue weighted by molar-refractivity contribution is 6.76. The first kappa shape index (κ1) is 20.7. The minimum absolute atomic E-state index is 0.0175. The van der Waals surface area contributed by atoms with Crippen LogP contribution in [0.15, 0.2) is 36.5 Å². The number of pyridine rings is 1. The molecule has 1 amide bonds. The first-order valence-corrected chi connectivity index (χ1v) is 14.0. The zero-order valence-corrected chi connectivity index (χ0v) is 18.7. The first-order valence-electron chi connectivity index (χ1n) is 10.3. The standard InChI is InChI=1S/C22H27N3O4Si/c1-30(2,3)12-11-29-10-9-24-20-19(5-4-8-23-20)22(21(24)26)14-16-6-7-18(25(27)28)13-17(16)15-22/h4-8,13H,9-12,14-15H2,1-3H3. The molecule has 2 aliphatic rings. The fourth-order valence-electron chi connectivity index (χ4n) is 4.42. The van der Waals surface area contributed by atoms with Crippen molar-refractivity contribution in [2.75, 3.05) is 24.7 Å². The third-order valence-corrected chi connectivity index (χ3v) is 7.76. The van der Waals surface area contributed by atoms with Crippen LogP contribution in [0.3, 0.4) is 0 Å². The maximum Gasteiger partial charge on any atom is 0.269 e. The molecular formula is C22H27N3O4Si. The van der Waals surface area contributed by atoms with E-state index in [9.17, 15) is 14.9 Å². The maximum absolute atomic E-state index is 13.6. The summed E-state index contributed by atoms with van der Waals surface area (Å²) in [4.78, 5) is 30.6. The smallest absolute Gasteiger partial charge is 0.269 e. The zero-order chi connectivity index (χ0) is 21.5. The molecule has 158 valence electrons. The van der Waals surface area contributed by atoms with E-state index >= 15 is 0 Å². The van der Waals surface area contributed by atoms with E-state index in [1.807, 2.05) is 12.1 Å². The van der Waals surface area contributed by atoms with Crippen molar-refractivity contribution in [2.24, 2.45) is 0 Å². The molecule has 0 fully saturated rings. The molecule has 1 aliphatic carbocycles. The maximum atomic E-state index is 13.6. The third kappa shape index (κ3) is 3.65. The largest absolute Gasteiger partial charge is 0.380 e. The van der Waals surface area contributed by atoms with Crippen LogP contribution in [0.25, 0.3) is 0 Å². The summed E-state index contributed by atoms with van der Waals surface area (Å²) < 4.78 is 5.83. The molecule has 2 aromatic rings. The van der Waals surface area contributed by atoms with E-state index in [1.165, 1.54) is 6.07 Å². The summed E-state index contributed by atoms with van der Waals surface area (Å²) in [5.41, 5.74) is 2.13. The zero-order valence-electron chi connectivity index (χ0n) is 17.7. The van der Waals surface area contributed by atoms with E-state index < -0.39 is 13.5 Å². The molecule has 0 saturated heterocycles. The summed E-state index contributed by atoms with van der Waals surface area (Å²) in [7, 11) is -1.15. The topological polar surface area (TPSA) is 85.6 Å². The predicted octanol–water partition coefficient (Wildman–Crippen LogP) is 3.73. The molecule has 0 N–H and O–H groups in total. The SMILES string of the molecule is C[Si](C)(C)CCOCCN1C(=O)C2(Cc3ccc([N+](=O)[O-])cc3C2)c2cccnc21. The number of carbonyl (C=O) groups excluding carboxylic acids is 1. The second-order valence-corrected chi connectivity index (χ2v) is 15.0. The summed E-state index contributed by atoms with van der Waals surface area (Å²) >= 11 is 0. The number of amides is 1. The number of aromatic nitrogens is 1. The lowest BCUT2D eigenvalue weighted by molar-refractivity contribution is -0.384. The molecule has 1 aliphatic heterocycles. The molecule has 4 rings (SSSR count). The van der Waals surface area contributed by atoms with E-state index in [2.05, 4.69) is 24.6 Å². The monoisotopic (exact) mass is 425 g/mol. The van der Waals surface area contributed by atoms with Crippen LogP contribution < -0.4 is 4.90 Å². The number of benzene rings is 1. The van der Waals surface area contributed by atoms with Crippen molar-refractivity contribution < 1.29 is 14.5 Å². The number of non-ortho nitro benzene ring substituents is 1. The molecule has 0 bridgehead atoms. The number of nitro benzene ring substituents is 1. The number of ether oxygens (including phenoxy) is 1. The number of nitro groups is 1. The lowest BCUT2D eigenvalue weighted by Gasteiger charge is -2.23. The van der Waals surface area contributed by atoms with Gasteiger partial charge < -0.3 is 4.74 Å². The van der Waals surface area contributed by atoms with Crippen molar-refractivity contribution in [3.63, 3.8) is 0 Å². The minimum atomic E-state index is -1.15. The number of fused-ring (bicyclic) bond motifs is 3. The normalized spacial score (nSPS) is 20.0. The van der Waals surface area contributed by atoms with Gasteiger partial charge in [-0.25, -0.2) is 4.98 Å². The number of hydrogen-bond donors (Lipinski definition) is 0. The first-order chi connectivity index (χ1) is 14.2. The van der Waals surface area contributed by atoms with Crippen LogP contribution in [0.4, 0.5) is 11.5 Å². The fraction of sp³-hybridized carbons (Fsp3) is 0.455. The van der Waals surface area contributed by atoms with Gasteiger partial charge in [0, 0.05) is 38.6 Å². The summed E-state index contributed by atoms with van der Waals surface area (Å²) in [5.74, 6) is 0.711. The Morgan fingerprint density at radius 1 is 1.20 bits per heavy atom. The average Bonchev–Trinajstić information content (AvgIpc) is 3.18. The molecule has 1 spiro atoms. The van der Waals surface area contributed by atoms with Gasteiger partial charge in [-0.15, -0.1) is 0 Å². The number of hydrogen-bond acceptors (Lipinski definition) is 5. The summed E-state index contributed by atoms with van der Waals surface area (Å²) in [6, 6.07) is 9.82. The lowest BCUT2D eigenvalue weighted by atomic mass is 9.79. The van der Waals surface area contributed by atoms with Crippen LogP contribution in [-0.4, -0.2) is 43.6 Å². The van der Waals surface area contributed by atoms with Gasteiger partial charge >= 0.3 is 0 Å². The van der Waals surface area contributed by atoms with Gasteiger partial charge in [-0.05, 0) is 36.1 Å². The van der Waals surface area contributed by atoms with E-state index in [1.54, 1.807) is 23.2 Å². The predicted molar refractivity (Wildman–Crippen MR) is 118 cm³/mol. The highest BCUT2D eigenvalue weighted by atomic mass is 28.3. The summed E-state index contributed by atoms with van der Waals surface area (Å²) in [6.45, 7) is 8.59. The van der Waals surface area contributed by atoms with Crippen molar-refractivity contribution in [3.8, 4) is 0 Å². The molecule has 2 heterocycles. The average molecular weight is 426 g/mol. The minimum Gasteiger partial charge on any atom is -0.380 e. The Kier molecular flexibility index (Phi) is 5.23. The van der Waals surface area contributed by atoms with Crippen LogP contribution in [0.2, 0.25) is 25.7 Å². The number of carbonyl (C=O) groups is 1. The molecule has 0 saturated carbocycles. The Morgan fingerprint density at radius 3 is 2.70 bits per heavy atom. The Balaban J connectivity index is 1.54. The van der Waals surface area contributed by atoms with Gasteiger partial charge in [0.25, 0.3) is 5.69 Å². The van der Waals surface area contributed by atoms with Crippen LogP contribution in [0.5, 0.6) is 0 Å². The van der Waals surface area contributed by atoms with Crippen molar-refractivity contribution in [2.45, 2.75) is 43.9 Å². The Morgan fingerprint density at radius 2 is 1.97 bits per heavy atom. The van der Waals surface area contributed by atoms with E-state index in [0.717, 1.165) is 22.7 Å². The van der Waals surface area contributed by atoms with Gasteiger partial charge in [0.2, 0.25) is 5.91 Å². The summed E-state index contributed by atoms with van der Waals surface area (Å²) in [6.07, 6.45) is 2.72. The van der Waals surface area contributed by atoms with Crippen LogP contribution in [0, 0.1) is 10.1 Å². The molecule has 1 aromatic carbocycles. The molecule has 1 unspecified atom stereocenters. The summed E-state index contributed by atoms with van der Waals surface area (Å²) in [5, 5.41) is 11.2. The van der Waals surface area contributed by atoms with E-state index in [0.29, 0.717) is 38.4 Å². The molecule has 0 radical (unpaired) electrons. The van der Waals surface area contributed by atoms with Gasteiger partial charge in [0.15, 0.2) is 0 Å². The lowest BCUT2D eigenvalue weighted by Crippen LogP contribution is -2.42. The van der Waals surface area contributed by atoms with Crippen molar-refractivity contribution >= 4 is 25.5 Å². The fourth-order valence-corrected chi connectivity index (χ4v) is 5.17. The van der Waals surface area contributed by atoms with E-state index in [4.69, 9.17) is 4.74 Å².